The summed E-state index contributed by atoms with van der Waals surface area (Å²) in [4.78, 5) is 11.1. The number of hydrogen-bond acceptors (Lipinski definition) is 3. The molecule has 288 valence electrons. The number of rotatable bonds is 3. The van der Waals surface area contributed by atoms with Crippen LogP contribution < -0.4 is 4.74 Å². The first-order chi connectivity index (χ1) is 30.8. The highest BCUT2D eigenvalue weighted by Crippen LogP contribution is 2.62. The van der Waals surface area contributed by atoms with Crippen LogP contribution in [0.3, 0.4) is 0 Å². The van der Waals surface area contributed by atoms with Crippen molar-refractivity contribution in [1.82, 2.24) is 19.1 Å². The smallest absolute Gasteiger partial charge is 0.165 e. The topological polar surface area (TPSA) is 44.9 Å². The van der Waals surface area contributed by atoms with Gasteiger partial charge in [0.2, 0.25) is 0 Å². The number of para-hydroxylation sites is 7. The van der Waals surface area contributed by atoms with E-state index in [1.807, 2.05) is 12.1 Å². The Morgan fingerprint density at radius 3 is 1.69 bits per heavy atom. The van der Waals surface area contributed by atoms with Crippen molar-refractivity contribution in [3.8, 4) is 45.4 Å². The summed E-state index contributed by atoms with van der Waals surface area (Å²) in [5.74, 6) is 2.54. The van der Waals surface area contributed by atoms with Gasteiger partial charge in [-0.3, -0.25) is 4.57 Å². The molecule has 0 saturated heterocycles. The normalized spacial score (nSPS) is 13.4. The zero-order valence-electron chi connectivity index (χ0n) is 33.3. The minimum atomic E-state index is -0.610. The Morgan fingerprint density at radius 1 is 0.371 bits per heavy atom. The summed E-state index contributed by atoms with van der Waals surface area (Å²) >= 11 is 0. The Bertz CT molecular complexity index is 3810. The molecule has 4 heterocycles. The molecule has 12 aromatic rings. The molecule has 14 rings (SSSR count). The molecule has 62 heavy (non-hydrogen) atoms. The van der Waals surface area contributed by atoms with E-state index in [0.717, 1.165) is 83.9 Å². The van der Waals surface area contributed by atoms with Gasteiger partial charge < -0.3 is 9.30 Å². The van der Waals surface area contributed by atoms with Crippen molar-refractivity contribution in [2.24, 2.45) is 0 Å². The van der Waals surface area contributed by atoms with Gasteiger partial charge in [-0.15, -0.1) is 0 Å². The minimum absolute atomic E-state index is 0.610. The summed E-state index contributed by atoms with van der Waals surface area (Å²) < 4.78 is 11.4. The molecule has 0 unspecified atom stereocenters. The molecule has 5 nitrogen and oxygen atoms in total. The fourth-order valence-corrected chi connectivity index (χ4v) is 10.9. The lowest BCUT2D eigenvalue weighted by Gasteiger charge is -2.39. The highest BCUT2D eigenvalue weighted by atomic mass is 16.5. The highest BCUT2D eigenvalue weighted by Gasteiger charge is 2.51. The summed E-state index contributed by atoms with van der Waals surface area (Å²) in [7, 11) is 0. The molecule has 1 spiro atoms. The van der Waals surface area contributed by atoms with E-state index in [4.69, 9.17) is 14.7 Å². The number of hydrogen-bond donors (Lipinski definition) is 0. The van der Waals surface area contributed by atoms with Gasteiger partial charge in [0.05, 0.1) is 38.5 Å². The second kappa shape index (κ2) is 12.4. The predicted octanol–water partition coefficient (Wildman–Crippen LogP) is 14.0. The molecule has 9 aromatic carbocycles. The molecule has 0 amide bonds. The van der Waals surface area contributed by atoms with Gasteiger partial charge in [-0.1, -0.05) is 140 Å². The third kappa shape index (κ3) is 4.36. The van der Waals surface area contributed by atoms with E-state index in [0.29, 0.717) is 0 Å². The minimum Gasteiger partial charge on any atom is -0.457 e. The zero-order valence-corrected chi connectivity index (χ0v) is 33.3. The summed E-state index contributed by atoms with van der Waals surface area (Å²) in [6, 6.07) is 74.0. The van der Waals surface area contributed by atoms with Crippen molar-refractivity contribution >= 4 is 54.6 Å². The molecule has 0 atom stereocenters. The molecule has 3 aromatic heterocycles. The Labute approximate surface area is 356 Å². The highest BCUT2D eigenvalue weighted by molar-refractivity contribution is 6.13. The van der Waals surface area contributed by atoms with E-state index in [1.54, 1.807) is 0 Å². The molecule has 2 aliphatic rings. The van der Waals surface area contributed by atoms with Crippen LogP contribution in [-0.4, -0.2) is 19.1 Å². The van der Waals surface area contributed by atoms with Crippen molar-refractivity contribution in [2.45, 2.75) is 5.41 Å². The number of aromatic nitrogens is 4. The van der Waals surface area contributed by atoms with Gasteiger partial charge >= 0.3 is 0 Å². The maximum absolute atomic E-state index is 6.69. The molecule has 0 bridgehead atoms. The van der Waals surface area contributed by atoms with Crippen LogP contribution in [0, 0.1) is 0 Å². The quantitative estimate of drug-likeness (QED) is 0.179. The average molecular weight is 791 g/mol. The van der Waals surface area contributed by atoms with E-state index in [-0.39, 0.29) is 0 Å². The van der Waals surface area contributed by atoms with Crippen LogP contribution in [0.4, 0.5) is 0 Å². The molecule has 0 fully saturated rings. The van der Waals surface area contributed by atoms with E-state index >= 15 is 0 Å². The Balaban J connectivity index is 1.10. The number of benzene rings is 9. The maximum atomic E-state index is 6.69. The molecular weight excluding hydrogens is 757 g/mol. The first-order valence-corrected chi connectivity index (χ1v) is 21.2. The first-order valence-electron chi connectivity index (χ1n) is 21.2. The standard InChI is InChI=1S/C57H34N4O/c1-2-16-36(17-3-1)60-49-26-12-5-19-38(49)40-31-30-35(32-51(40)60)55-56(59-48-25-11-10-24-47(48)58-55)61-50-27-13-6-20-39(50)42-33-41-37-18-4-7-21-43(37)57(46(41)34-52(42)61)44-22-8-14-28-53(44)62-54-29-15-9-23-45(54)57/h1-34H. The van der Waals surface area contributed by atoms with E-state index in [9.17, 15) is 0 Å². The van der Waals surface area contributed by atoms with E-state index < -0.39 is 5.41 Å². The zero-order chi connectivity index (χ0) is 40.5. The van der Waals surface area contributed by atoms with Gasteiger partial charge in [0.15, 0.2) is 5.82 Å². The van der Waals surface area contributed by atoms with E-state index in [2.05, 4.69) is 203 Å². The largest absolute Gasteiger partial charge is 0.457 e. The molecular formula is C57H34N4O. The fraction of sp³-hybridized carbons (Fsp3) is 0.0175. The lowest BCUT2D eigenvalue weighted by atomic mass is 9.66. The van der Waals surface area contributed by atoms with Crippen molar-refractivity contribution in [2.75, 3.05) is 0 Å². The molecule has 0 radical (unpaired) electrons. The molecule has 0 saturated carbocycles. The Kier molecular flexibility index (Phi) is 6.70. The average Bonchev–Trinajstić information content (AvgIpc) is 3.94. The van der Waals surface area contributed by atoms with Gasteiger partial charge in [-0.2, -0.15) is 0 Å². The lowest BCUT2D eigenvalue weighted by molar-refractivity contribution is 0.436. The third-order valence-electron chi connectivity index (χ3n) is 13.4. The summed E-state index contributed by atoms with van der Waals surface area (Å²) in [6.07, 6.45) is 0. The third-order valence-corrected chi connectivity index (χ3v) is 13.4. The summed E-state index contributed by atoms with van der Waals surface area (Å²) in [5, 5.41) is 4.74. The summed E-state index contributed by atoms with van der Waals surface area (Å²) in [5.41, 5.74) is 15.7. The van der Waals surface area contributed by atoms with Crippen LogP contribution in [0.15, 0.2) is 206 Å². The Hall–Kier alpha value is -8.28. The SMILES string of the molecule is c1ccc(-n2c3ccccc3c3ccc(-c4nc5ccccc5nc4-n4c5ccccc5c5cc6c(cc54)C4(c5ccccc5Oc5ccccc54)c4ccccc4-6)cc32)cc1. The lowest BCUT2D eigenvalue weighted by Crippen LogP contribution is -2.32. The fourth-order valence-electron chi connectivity index (χ4n) is 10.9. The van der Waals surface area contributed by atoms with Gasteiger partial charge in [0, 0.05) is 43.9 Å². The van der Waals surface area contributed by atoms with Crippen molar-refractivity contribution < 1.29 is 4.74 Å². The van der Waals surface area contributed by atoms with Gasteiger partial charge in [0.1, 0.15) is 17.2 Å². The molecule has 1 aliphatic heterocycles. The van der Waals surface area contributed by atoms with Crippen LogP contribution in [0.2, 0.25) is 0 Å². The van der Waals surface area contributed by atoms with Crippen LogP contribution in [0.1, 0.15) is 22.3 Å². The van der Waals surface area contributed by atoms with Crippen LogP contribution in [-0.2, 0) is 5.41 Å². The Morgan fingerprint density at radius 2 is 0.935 bits per heavy atom. The maximum Gasteiger partial charge on any atom is 0.165 e. The number of fused-ring (bicyclic) bond motifs is 16. The first kappa shape index (κ1) is 33.5. The molecule has 0 N–H and O–H groups in total. The summed E-state index contributed by atoms with van der Waals surface area (Å²) in [6.45, 7) is 0. The second-order valence-electron chi connectivity index (χ2n) is 16.5. The van der Waals surface area contributed by atoms with Crippen LogP contribution >= 0.6 is 0 Å². The molecule has 5 heteroatoms. The number of ether oxygens (including phenoxy) is 1. The number of nitrogens with zero attached hydrogens (tertiary/aromatic N) is 4. The van der Waals surface area contributed by atoms with Gasteiger partial charge in [-0.05, 0) is 89.0 Å². The second-order valence-corrected chi connectivity index (χ2v) is 16.5. The van der Waals surface area contributed by atoms with Crippen molar-refractivity contribution in [1.29, 1.82) is 0 Å². The van der Waals surface area contributed by atoms with E-state index in [1.165, 1.54) is 38.4 Å². The van der Waals surface area contributed by atoms with Crippen molar-refractivity contribution in [3.05, 3.63) is 229 Å². The van der Waals surface area contributed by atoms with Gasteiger partial charge in [0.25, 0.3) is 0 Å². The monoisotopic (exact) mass is 790 g/mol. The van der Waals surface area contributed by atoms with Crippen LogP contribution in [0.5, 0.6) is 11.5 Å². The van der Waals surface area contributed by atoms with Crippen molar-refractivity contribution in [3.63, 3.8) is 0 Å². The predicted molar refractivity (Wildman–Crippen MR) is 251 cm³/mol. The molecule has 1 aliphatic carbocycles. The van der Waals surface area contributed by atoms with Gasteiger partial charge in [-0.25, -0.2) is 9.97 Å². The van der Waals surface area contributed by atoms with Crippen LogP contribution in [0.25, 0.3) is 88.5 Å².